The fourth-order valence-corrected chi connectivity index (χ4v) is 3.21. The number of nitrogens with two attached hydrogens (primary N) is 1. The molecule has 3 atom stereocenters. The molecule has 2 N–H and O–H groups in total. The van der Waals surface area contributed by atoms with Crippen molar-refractivity contribution in [2.45, 2.75) is 58.1 Å². The first-order valence-corrected chi connectivity index (χ1v) is 8.04. The molecule has 0 heterocycles. The lowest BCUT2D eigenvalue weighted by atomic mass is 9.89. The average Bonchev–Trinajstić information content (AvgIpc) is 2.33. The summed E-state index contributed by atoms with van der Waals surface area (Å²) in [5, 5.41) is 0. The molecule has 0 aromatic heterocycles. The van der Waals surface area contributed by atoms with Gasteiger partial charge in [-0.2, -0.15) is 0 Å². The normalized spacial score (nSPS) is 25.1. The van der Waals surface area contributed by atoms with Crippen LogP contribution < -0.4 is 10.5 Å². The smallest absolute Gasteiger partial charge is 0.120 e. The van der Waals surface area contributed by atoms with Crippen molar-refractivity contribution in [2.75, 3.05) is 0 Å². The standard InChI is InChI=1S/C16H24BrNO/c1-11-4-3-5-14(8-11)19-15-6-7-16(17)13(10-15)9-12(2)18/h6-7,10-12,14H,3-5,8-9,18H2,1-2H3. The number of halogens is 1. The minimum Gasteiger partial charge on any atom is -0.490 e. The van der Waals surface area contributed by atoms with E-state index in [-0.39, 0.29) is 6.04 Å². The van der Waals surface area contributed by atoms with Gasteiger partial charge in [-0.05, 0) is 62.3 Å². The third-order valence-corrected chi connectivity index (χ3v) is 4.52. The number of hydrogen-bond donors (Lipinski definition) is 1. The minimum atomic E-state index is 0.168. The van der Waals surface area contributed by atoms with E-state index in [0.29, 0.717) is 6.10 Å². The Morgan fingerprint density at radius 2 is 2.21 bits per heavy atom. The highest BCUT2D eigenvalue weighted by molar-refractivity contribution is 9.10. The van der Waals surface area contributed by atoms with E-state index in [9.17, 15) is 0 Å². The summed E-state index contributed by atoms with van der Waals surface area (Å²) < 4.78 is 7.26. The van der Waals surface area contributed by atoms with Crippen LogP contribution in [0.2, 0.25) is 0 Å². The van der Waals surface area contributed by atoms with Gasteiger partial charge in [-0.15, -0.1) is 0 Å². The second-order valence-electron chi connectivity index (χ2n) is 5.95. The van der Waals surface area contributed by atoms with Gasteiger partial charge < -0.3 is 10.5 Å². The van der Waals surface area contributed by atoms with Crippen molar-refractivity contribution >= 4 is 15.9 Å². The van der Waals surface area contributed by atoms with Crippen molar-refractivity contribution in [2.24, 2.45) is 11.7 Å². The monoisotopic (exact) mass is 325 g/mol. The molecule has 0 saturated heterocycles. The molecule has 1 aromatic rings. The Morgan fingerprint density at radius 3 is 2.89 bits per heavy atom. The van der Waals surface area contributed by atoms with Crippen LogP contribution in [0.1, 0.15) is 45.1 Å². The zero-order chi connectivity index (χ0) is 13.8. The fraction of sp³-hybridized carbons (Fsp3) is 0.625. The Kier molecular flexibility index (Phi) is 5.28. The maximum atomic E-state index is 6.14. The molecule has 1 fully saturated rings. The summed E-state index contributed by atoms with van der Waals surface area (Å²) in [6.45, 7) is 4.35. The van der Waals surface area contributed by atoms with Crippen LogP contribution in [0.5, 0.6) is 5.75 Å². The molecule has 0 radical (unpaired) electrons. The van der Waals surface area contributed by atoms with Gasteiger partial charge in [0.2, 0.25) is 0 Å². The predicted octanol–water partition coefficient (Wildman–Crippen LogP) is 4.30. The second-order valence-corrected chi connectivity index (χ2v) is 6.80. The maximum absolute atomic E-state index is 6.14. The van der Waals surface area contributed by atoms with Crippen molar-refractivity contribution in [1.82, 2.24) is 0 Å². The van der Waals surface area contributed by atoms with E-state index in [1.54, 1.807) is 0 Å². The molecule has 0 bridgehead atoms. The van der Waals surface area contributed by atoms with E-state index >= 15 is 0 Å². The van der Waals surface area contributed by atoms with Crippen molar-refractivity contribution in [3.63, 3.8) is 0 Å². The molecule has 1 saturated carbocycles. The molecule has 1 aromatic carbocycles. The van der Waals surface area contributed by atoms with Crippen LogP contribution in [0, 0.1) is 5.92 Å². The Bertz CT molecular complexity index is 419. The van der Waals surface area contributed by atoms with Gasteiger partial charge in [0, 0.05) is 10.5 Å². The summed E-state index contributed by atoms with van der Waals surface area (Å²) in [4.78, 5) is 0. The van der Waals surface area contributed by atoms with Gasteiger partial charge in [0.1, 0.15) is 5.75 Å². The van der Waals surface area contributed by atoms with Gasteiger partial charge in [0.25, 0.3) is 0 Å². The fourth-order valence-electron chi connectivity index (χ4n) is 2.81. The quantitative estimate of drug-likeness (QED) is 0.895. The molecule has 0 spiro atoms. The van der Waals surface area contributed by atoms with Crippen LogP contribution in [0.25, 0.3) is 0 Å². The first-order chi connectivity index (χ1) is 9.04. The zero-order valence-corrected chi connectivity index (χ0v) is 13.4. The van der Waals surface area contributed by atoms with Gasteiger partial charge in [-0.1, -0.05) is 29.3 Å². The van der Waals surface area contributed by atoms with Crippen LogP contribution in [-0.2, 0) is 6.42 Å². The summed E-state index contributed by atoms with van der Waals surface area (Å²) in [7, 11) is 0. The SMILES string of the molecule is CC(N)Cc1cc(OC2CCCC(C)C2)ccc1Br. The van der Waals surface area contributed by atoms with Crippen molar-refractivity contribution in [3.8, 4) is 5.75 Å². The molecule has 0 amide bonds. The van der Waals surface area contributed by atoms with Gasteiger partial charge in [-0.3, -0.25) is 0 Å². The number of benzene rings is 1. The molecular formula is C16H24BrNO. The van der Waals surface area contributed by atoms with Crippen molar-refractivity contribution in [1.29, 1.82) is 0 Å². The molecule has 2 nitrogen and oxygen atoms in total. The Hall–Kier alpha value is -0.540. The Morgan fingerprint density at radius 1 is 1.42 bits per heavy atom. The number of hydrogen-bond acceptors (Lipinski definition) is 2. The van der Waals surface area contributed by atoms with Crippen LogP contribution in [0.15, 0.2) is 22.7 Å². The molecule has 106 valence electrons. The topological polar surface area (TPSA) is 35.2 Å². The summed E-state index contributed by atoms with van der Waals surface area (Å²) in [5.74, 6) is 1.77. The molecule has 3 unspecified atom stereocenters. The summed E-state index contributed by atoms with van der Waals surface area (Å²) in [5.41, 5.74) is 7.12. The van der Waals surface area contributed by atoms with E-state index in [4.69, 9.17) is 10.5 Å². The summed E-state index contributed by atoms with van der Waals surface area (Å²) in [6.07, 6.45) is 6.25. The molecule has 0 aliphatic heterocycles. The third-order valence-electron chi connectivity index (χ3n) is 3.75. The molecular weight excluding hydrogens is 302 g/mol. The lowest BCUT2D eigenvalue weighted by Gasteiger charge is -2.27. The van der Waals surface area contributed by atoms with E-state index in [1.807, 2.05) is 13.0 Å². The average molecular weight is 326 g/mol. The summed E-state index contributed by atoms with van der Waals surface area (Å²) in [6, 6.07) is 6.42. The van der Waals surface area contributed by atoms with Crippen molar-refractivity contribution < 1.29 is 4.74 Å². The van der Waals surface area contributed by atoms with Gasteiger partial charge >= 0.3 is 0 Å². The first kappa shape index (κ1) is 14.9. The molecule has 2 rings (SSSR count). The van der Waals surface area contributed by atoms with Crippen molar-refractivity contribution in [3.05, 3.63) is 28.2 Å². The minimum absolute atomic E-state index is 0.168. The highest BCUT2D eigenvalue weighted by Crippen LogP contribution is 2.29. The van der Waals surface area contributed by atoms with E-state index < -0.39 is 0 Å². The van der Waals surface area contributed by atoms with E-state index in [2.05, 4.69) is 35.0 Å². The van der Waals surface area contributed by atoms with Gasteiger partial charge in [-0.25, -0.2) is 0 Å². The second kappa shape index (κ2) is 6.76. The zero-order valence-electron chi connectivity index (χ0n) is 11.9. The highest BCUT2D eigenvalue weighted by Gasteiger charge is 2.20. The molecule has 1 aliphatic rings. The first-order valence-electron chi connectivity index (χ1n) is 7.25. The van der Waals surface area contributed by atoms with Crippen LogP contribution in [-0.4, -0.2) is 12.1 Å². The molecule has 3 heteroatoms. The number of rotatable bonds is 4. The lowest BCUT2D eigenvalue weighted by molar-refractivity contribution is 0.129. The predicted molar refractivity (Wildman–Crippen MR) is 83.5 cm³/mol. The van der Waals surface area contributed by atoms with E-state index in [1.165, 1.54) is 31.2 Å². The maximum Gasteiger partial charge on any atom is 0.120 e. The highest BCUT2D eigenvalue weighted by atomic mass is 79.9. The third kappa shape index (κ3) is 4.50. The lowest BCUT2D eigenvalue weighted by Crippen LogP contribution is -2.24. The van der Waals surface area contributed by atoms with Crippen LogP contribution in [0.4, 0.5) is 0 Å². The van der Waals surface area contributed by atoms with E-state index in [0.717, 1.165) is 22.6 Å². The Balaban J connectivity index is 2.03. The van der Waals surface area contributed by atoms with Gasteiger partial charge in [0.05, 0.1) is 6.10 Å². The molecule has 19 heavy (non-hydrogen) atoms. The molecule has 1 aliphatic carbocycles. The summed E-state index contributed by atoms with van der Waals surface area (Å²) >= 11 is 3.58. The van der Waals surface area contributed by atoms with Crippen LogP contribution in [0.3, 0.4) is 0 Å². The van der Waals surface area contributed by atoms with Gasteiger partial charge in [0.15, 0.2) is 0 Å². The number of ether oxygens (including phenoxy) is 1. The van der Waals surface area contributed by atoms with Crippen LogP contribution >= 0.6 is 15.9 Å². The Labute approximate surface area is 124 Å². The largest absolute Gasteiger partial charge is 0.490 e.